The van der Waals surface area contributed by atoms with Crippen molar-refractivity contribution in [1.82, 2.24) is 0 Å². The maximum absolute atomic E-state index is 8.56. The van der Waals surface area contributed by atoms with E-state index >= 15 is 0 Å². The number of hydrogen-bond acceptors (Lipinski definition) is 1. The number of hydrogen-bond donors (Lipinski definition) is 2. The molecule has 2 N–H and O–H groups in total. The monoisotopic (exact) mass is 508 g/mol. The van der Waals surface area contributed by atoms with Crippen LogP contribution in [0.4, 0.5) is 4.79 Å². The Morgan fingerprint density at radius 1 is 1.25 bits per heavy atom. The van der Waals surface area contributed by atoms with Crippen LogP contribution in [-0.2, 0) is 0 Å². The van der Waals surface area contributed by atoms with Crippen molar-refractivity contribution < 1.29 is 15.0 Å². The third kappa shape index (κ3) is 130. The van der Waals surface area contributed by atoms with Gasteiger partial charge in [0.2, 0.25) is 0 Å². The zero-order valence-corrected chi connectivity index (χ0v) is 11.6. The van der Waals surface area contributed by atoms with Crippen LogP contribution in [0.2, 0.25) is 0 Å². The third-order valence-electron chi connectivity index (χ3n) is 0. The molecule has 0 spiro atoms. The second-order valence-corrected chi connectivity index (χ2v) is 45.7. The van der Waals surface area contributed by atoms with Crippen LogP contribution >= 0.6 is 36.7 Å². The van der Waals surface area contributed by atoms with Crippen LogP contribution in [0.5, 0.6) is 0 Å². The first-order valence-electron chi connectivity index (χ1n) is 1.16. The summed E-state index contributed by atoms with van der Waals surface area (Å²) < 4.78 is 0. The Morgan fingerprint density at radius 2 is 1.25 bits per heavy atom. The molecule has 0 bridgehead atoms. The number of carboxylic acid groups (broad SMARTS) is 2. The van der Waals surface area contributed by atoms with E-state index in [4.69, 9.17) is 15.0 Å². The van der Waals surface area contributed by atoms with Gasteiger partial charge < -0.3 is 10.2 Å². The van der Waals surface area contributed by atoms with Crippen LogP contribution in [0.25, 0.3) is 0 Å². The van der Waals surface area contributed by atoms with Crippen molar-refractivity contribution in [3.8, 4) is 0 Å². The van der Waals surface area contributed by atoms with Crippen molar-refractivity contribution in [2.45, 2.75) is 0 Å². The molecular weight excluding hydrogens is 509 g/mol. The van der Waals surface area contributed by atoms with E-state index in [2.05, 4.69) is 36.7 Å². The van der Waals surface area contributed by atoms with Crippen molar-refractivity contribution in [2.24, 2.45) is 0 Å². The summed E-state index contributed by atoms with van der Waals surface area (Å²) >= 11 is 8.77. The van der Waals surface area contributed by atoms with Crippen molar-refractivity contribution in [3.05, 3.63) is 0 Å². The molecule has 0 atom stereocenters. The summed E-state index contributed by atoms with van der Waals surface area (Å²) in [6, 6.07) is 0. The summed E-state index contributed by atoms with van der Waals surface area (Å²) in [5.41, 5.74) is 0. The molecule has 50 valence electrons. The SMILES string of the molecule is O=C(O)O.[Br][Bi]([Br])[Br]. The molecule has 0 aromatic heterocycles. The molecule has 0 fully saturated rings. The van der Waals surface area contributed by atoms with Crippen molar-refractivity contribution in [1.29, 1.82) is 0 Å². The van der Waals surface area contributed by atoms with Gasteiger partial charge in [-0.25, -0.2) is 4.79 Å². The van der Waals surface area contributed by atoms with Gasteiger partial charge in [-0.05, 0) is 0 Å². The van der Waals surface area contributed by atoms with Gasteiger partial charge >= 0.3 is 57.5 Å². The van der Waals surface area contributed by atoms with Crippen LogP contribution < -0.4 is 0 Å². The van der Waals surface area contributed by atoms with E-state index in [0.717, 1.165) is 0 Å². The van der Waals surface area contributed by atoms with Gasteiger partial charge in [0, 0.05) is 0 Å². The van der Waals surface area contributed by atoms with Gasteiger partial charge in [0.05, 0.1) is 0 Å². The Balaban J connectivity index is 0. The van der Waals surface area contributed by atoms with Crippen molar-refractivity contribution in [3.63, 3.8) is 0 Å². The molecule has 3 nitrogen and oxygen atoms in total. The van der Waals surface area contributed by atoms with Gasteiger partial charge in [-0.15, -0.1) is 0 Å². The Morgan fingerprint density at radius 3 is 1.25 bits per heavy atom. The standard InChI is InChI=1S/CH2O3.Bi.3BrH/c2-1(3)4;;;;/h(H2,2,3,4);;3*1H/q;+3;;;/p-3. The topological polar surface area (TPSA) is 57.5 Å². The molecule has 0 saturated heterocycles. The van der Waals surface area contributed by atoms with Crippen molar-refractivity contribution in [2.75, 3.05) is 0 Å². The molecule has 0 aliphatic carbocycles. The predicted molar refractivity (Wildman–Crippen MR) is 43.2 cm³/mol. The van der Waals surface area contributed by atoms with E-state index in [1.54, 1.807) is 0 Å². The Hall–Kier alpha value is 1.59. The fourth-order valence-corrected chi connectivity index (χ4v) is 0. The molecule has 0 saturated carbocycles. The van der Waals surface area contributed by atoms with Gasteiger partial charge in [0.1, 0.15) is 0 Å². The fourth-order valence-electron chi connectivity index (χ4n) is 0. The van der Waals surface area contributed by atoms with E-state index in [0.29, 0.717) is 0 Å². The third-order valence-corrected chi connectivity index (χ3v) is 0. The van der Waals surface area contributed by atoms with Gasteiger partial charge in [-0.3, -0.25) is 0 Å². The number of carbonyl (C=O) groups is 1. The van der Waals surface area contributed by atoms with E-state index in [9.17, 15) is 0 Å². The van der Waals surface area contributed by atoms with E-state index in [1.807, 2.05) is 0 Å². The molecular formula is CH2BiBr3O3. The fraction of sp³-hybridized carbons (Fsp3) is 0. The molecule has 0 radical (unpaired) electrons. The van der Waals surface area contributed by atoms with Crippen molar-refractivity contribution >= 4 is 57.5 Å². The Bertz CT molecular complexity index is 58.8. The molecule has 0 aromatic carbocycles. The van der Waals surface area contributed by atoms with Crippen LogP contribution in [0, 0.1) is 0 Å². The summed E-state index contributed by atoms with van der Waals surface area (Å²) in [5, 5.41) is 13.9. The summed E-state index contributed by atoms with van der Waals surface area (Å²) in [4.78, 5) is 8.56. The van der Waals surface area contributed by atoms with Crippen LogP contribution in [0.15, 0.2) is 0 Å². The second kappa shape index (κ2) is 8.59. The normalized spacial score (nSPS) is 7.50. The molecule has 7 heteroatoms. The van der Waals surface area contributed by atoms with Gasteiger partial charge in [0.25, 0.3) is 0 Å². The average molecular weight is 511 g/mol. The van der Waals surface area contributed by atoms with Crippen LogP contribution in [0.1, 0.15) is 0 Å². The van der Waals surface area contributed by atoms with E-state index in [-0.39, 0.29) is 0 Å². The minimum absolute atomic E-state index is 1.16. The number of halogens is 3. The molecule has 0 rings (SSSR count). The Kier molecular flexibility index (Phi) is 13.2. The van der Waals surface area contributed by atoms with Gasteiger partial charge in [-0.1, -0.05) is 0 Å². The van der Waals surface area contributed by atoms with Gasteiger partial charge in [0.15, 0.2) is 0 Å². The summed E-state index contributed by atoms with van der Waals surface area (Å²) in [6.07, 6.45) is -1.83. The first-order valence-corrected chi connectivity index (χ1v) is 23.8. The molecule has 0 aliphatic heterocycles. The average Bonchev–Trinajstić information content (AvgIpc) is 1.25. The molecule has 8 heavy (non-hydrogen) atoms. The molecule has 0 aromatic rings. The summed E-state index contributed by atoms with van der Waals surface area (Å²) in [7, 11) is 0. The second-order valence-electron chi connectivity index (χ2n) is 0.474. The van der Waals surface area contributed by atoms with Crippen LogP contribution in [0.3, 0.4) is 0 Å². The zero-order chi connectivity index (χ0) is 7.15. The first-order chi connectivity index (χ1) is 3.46. The molecule has 0 aliphatic rings. The molecule has 0 heterocycles. The van der Waals surface area contributed by atoms with E-state index in [1.165, 1.54) is 0 Å². The Labute approximate surface area is 71.5 Å². The van der Waals surface area contributed by atoms with E-state index < -0.39 is 20.9 Å². The summed E-state index contributed by atoms with van der Waals surface area (Å²) in [5.74, 6) is 0. The summed E-state index contributed by atoms with van der Waals surface area (Å²) in [6.45, 7) is 0. The maximum atomic E-state index is 8.56. The molecule has 0 amide bonds. The quantitative estimate of drug-likeness (QED) is 0.492. The molecule has 0 unspecified atom stereocenters. The zero-order valence-electron chi connectivity index (χ0n) is 3.38. The predicted octanol–water partition coefficient (Wildman–Crippen LogP) is 2.38. The number of rotatable bonds is 0. The van der Waals surface area contributed by atoms with Crippen LogP contribution in [-0.4, -0.2) is 31.1 Å². The minimum atomic E-state index is -1.83. The van der Waals surface area contributed by atoms with Gasteiger partial charge in [-0.2, -0.15) is 0 Å². The first kappa shape index (κ1) is 12.3.